The highest BCUT2D eigenvalue weighted by Crippen LogP contribution is 2.40. The van der Waals surface area contributed by atoms with Crippen LogP contribution in [0.1, 0.15) is 94.6 Å². The summed E-state index contributed by atoms with van der Waals surface area (Å²) in [5.41, 5.74) is 4.53. The number of fused-ring (bicyclic) bond motifs is 1. The second-order valence-electron chi connectivity index (χ2n) is 10.2. The standard InChI is InChI=1S/C30H43NO/c1-3-4-10-24-11-7-14-27(21-19-24)31-22-9-13-26(29-16-5-6-17-30(29)31)20-18-25-12-8-15-28(23-25)32-2/h5-6,8,12,15-17,23-24,26-27H,3-4,7,9-11,13-14,18-22H2,1-2H3. The summed E-state index contributed by atoms with van der Waals surface area (Å²) in [6, 6.07) is 18.7. The zero-order chi connectivity index (χ0) is 22.2. The summed E-state index contributed by atoms with van der Waals surface area (Å²) in [5, 5.41) is 0. The predicted octanol–water partition coefficient (Wildman–Crippen LogP) is 8.15. The second kappa shape index (κ2) is 11.8. The van der Waals surface area contributed by atoms with Gasteiger partial charge in [0.25, 0.3) is 0 Å². The van der Waals surface area contributed by atoms with Crippen LogP contribution in [0.15, 0.2) is 48.5 Å². The van der Waals surface area contributed by atoms with E-state index in [0.29, 0.717) is 5.92 Å². The SMILES string of the molecule is CCCCC1CCCC(N2CCCC(CCc3cccc(OC)c3)c3ccccc32)CC1. The number of aryl methyl sites for hydroxylation is 1. The first-order chi connectivity index (χ1) is 15.8. The van der Waals surface area contributed by atoms with E-state index in [1.54, 1.807) is 12.7 Å². The quantitative estimate of drug-likeness (QED) is 0.389. The van der Waals surface area contributed by atoms with Gasteiger partial charge >= 0.3 is 0 Å². The fraction of sp³-hybridized carbons (Fsp3) is 0.600. The highest BCUT2D eigenvalue weighted by molar-refractivity contribution is 5.57. The Morgan fingerprint density at radius 2 is 1.81 bits per heavy atom. The molecule has 0 amide bonds. The highest BCUT2D eigenvalue weighted by atomic mass is 16.5. The molecule has 1 fully saturated rings. The summed E-state index contributed by atoms with van der Waals surface area (Å²) in [7, 11) is 1.76. The minimum Gasteiger partial charge on any atom is -0.497 e. The molecule has 0 spiro atoms. The number of hydrogen-bond acceptors (Lipinski definition) is 2. The third-order valence-corrected chi connectivity index (χ3v) is 8.02. The molecule has 2 heteroatoms. The summed E-state index contributed by atoms with van der Waals surface area (Å²) >= 11 is 0. The van der Waals surface area contributed by atoms with Gasteiger partial charge in [-0.25, -0.2) is 0 Å². The third-order valence-electron chi connectivity index (χ3n) is 8.02. The van der Waals surface area contributed by atoms with E-state index in [4.69, 9.17) is 4.74 Å². The molecule has 174 valence electrons. The maximum Gasteiger partial charge on any atom is 0.119 e. The molecule has 1 saturated carbocycles. The first-order valence-electron chi connectivity index (χ1n) is 13.3. The zero-order valence-electron chi connectivity index (χ0n) is 20.4. The first kappa shape index (κ1) is 23.2. The van der Waals surface area contributed by atoms with Crippen molar-refractivity contribution in [3.05, 3.63) is 59.7 Å². The molecule has 0 bridgehead atoms. The zero-order valence-corrected chi connectivity index (χ0v) is 20.4. The van der Waals surface area contributed by atoms with Gasteiger partial charge in [0.05, 0.1) is 7.11 Å². The van der Waals surface area contributed by atoms with Gasteiger partial charge in [0.15, 0.2) is 0 Å². The first-order valence-corrected chi connectivity index (χ1v) is 13.3. The van der Waals surface area contributed by atoms with Crippen molar-refractivity contribution in [3.63, 3.8) is 0 Å². The molecular weight excluding hydrogens is 390 g/mol. The molecule has 0 N–H and O–H groups in total. The van der Waals surface area contributed by atoms with E-state index in [2.05, 4.69) is 54.3 Å². The smallest absolute Gasteiger partial charge is 0.119 e. The maximum absolute atomic E-state index is 5.44. The van der Waals surface area contributed by atoms with Gasteiger partial charge in [0, 0.05) is 18.3 Å². The molecule has 1 aliphatic carbocycles. The van der Waals surface area contributed by atoms with Crippen molar-refractivity contribution in [2.24, 2.45) is 5.92 Å². The van der Waals surface area contributed by atoms with Crippen molar-refractivity contribution in [1.29, 1.82) is 0 Å². The lowest BCUT2D eigenvalue weighted by atomic mass is 9.88. The van der Waals surface area contributed by atoms with E-state index < -0.39 is 0 Å². The molecule has 4 rings (SSSR count). The molecule has 2 aliphatic rings. The summed E-state index contributed by atoms with van der Waals surface area (Å²) in [5.74, 6) is 2.60. The number of ether oxygens (including phenoxy) is 1. The van der Waals surface area contributed by atoms with Crippen LogP contribution in [0.3, 0.4) is 0 Å². The summed E-state index contributed by atoms with van der Waals surface area (Å²) in [6.07, 6.45) is 16.2. The lowest BCUT2D eigenvalue weighted by Gasteiger charge is -2.34. The van der Waals surface area contributed by atoms with Crippen molar-refractivity contribution in [2.75, 3.05) is 18.6 Å². The number of rotatable bonds is 8. The van der Waals surface area contributed by atoms with E-state index in [1.807, 2.05) is 6.07 Å². The van der Waals surface area contributed by atoms with Crippen molar-refractivity contribution in [2.45, 2.75) is 95.9 Å². The van der Waals surface area contributed by atoms with Gasteiger partial charge in [-0.05, 0) is 86.1 Å². The molecule has 1 heterocycles. The second-order valence-corrected chi connectivity index (χ2v) is 10.2. The van der Waals surface area contributed by atoms with Crippen molar-refractivity contribution in [1.82, 2.24) is 0 Å². The molecule has 0 radical (unpaired) electrons. The Bertz CT molecular complexity index is 831. The Morgan fingerprint density at radius 3 is 2.69 bits per heavy atom. The lowest BCUT2D eigenvalue weighted by molar-refractivity contribution is 0.409. The Labute approximate surface area is 196 Å². The van der Waals surface area contributed by atoms with Crippen LogP contribution >= 0.6 is 0 Å². The van der Waals surface area contributed by atoms with E-state index in [0.717, 1.165) is 24.1 Å². The van der Waals surface area contributed by atoms with Crippen LogP contribution in [-0.2, 0) is 6.42 Å². The number of hydrogen-bond donors (Lipinski definition) is 0. The van der Waals surface area contributed by atoms with Crippen LogP contribution in [-0.4, -0.2) is 19.7 Å². The number of para-hydroxylation sites is 1. The number of benzene rings is 2. The lowest BCUT2D eigenvalue weighted by Crippen LogP contribution is -2.35. The Morgan fingerprint density at radius 1 is 0.906 bits per heavy atom. The van der Waals surface area contributed by atoms with Gasteiger partial charge < -0.3 is 9.64 Å². The van der Waals surface area contributed by atoms with Gasteiger partial charge in [-0.1, -0.05) is 69.4 Å². The molecule has 3 atom stereocenters. The van der Waals surface area contributed by atoms with Crippen LogP contribution in [0.25, 0.3) is 0 Å². The van der Waals surface area contributed by atoms with Gasteiger partial charge in [0.2, 0.25) is 0 Å². The topological polar surface area (TPSA) is 12.5 Å². The van der Waals surface area contributed by atoms with E-state index in [1.165, 1.54) is 88.4 Å². The minimum atomic E-state index is 0.658. The molecule has 0 aromatic heterocycles. The van der Waals surface area contributed by atoms with Crippen LogP contribution in [0.5, 0.6) is 5.75 Å². The fourth-order valence-electron chi connectivity index (χ4n) is 6.18. The fourth-order valence-corrected chi connectivity index (χ4v) is 6.18. The summed E-state index contributed by atoms with van der Waals surface area (Å²) in [6.45, 7) is 3.56. The van der Waals surface area contributed by atoms with Crippen LogP contribution < -0.4 is 9.64 Å². The number of anilines is 1. The predicted molar refractivity (Wildman–Crippen MR) is 137 cm³/mol. The van der Waals surface area contributed by atoms with Gasteiger partial charge in [-0.3, -0.25) is 0 Å². The minimum absolute atomic E-state index is 0.658. The average molecular weight is 434 g/mol. The van der Waals surface area contributed by atoms with Crippen LogP contribution in [0.2, 0.25) is 0 Å². The molecule has 1 aliphatic heterocycles. The monoisotopic (exact) mass is 433 g/mol. The normalized spacial score (nSPS) is 23.8. The highest BCUT2D eigenvalue weighted by Gasteiger charge is 2.29. The summed E-state index contributed by atoms with van der Waals surface area (Å²) < 4.78 is 5.44. The summed E-state index contributed by atoms with van der Waals surface area (Å²) in [4.78, 5) is 2.82. The molecule has 2 aromatic rings. The van der Waals surface area contributed by atoms with Crippen LogP contribution in [0.4, 0.5) is 5.69 Å². The molecule has 32 heavy (non-hydrogen) atoms. The van der Waals surface area contributed by atoms with E-state index in [-0.39, 0.29) is 0 Å². The van der Waals surface area contributed by atoms with Crippen molar-refractivity contribution >= 4 is 5.69 Å². The van der Waals surface area contributed by atoms with E-state index in [9.17, 15) is 0 Å². The largest absolute Gasteiger partial charge is 0.497 e. The molecule has 0 saturated heterocycles. The maximum atomic E-state index is 5.44. The Balaban J connectivity index is 1.46. The van der Waals surface area contributed by atoms with E-state index >= 15 is 0 Å². The number of methoxy groups -OCH3 is 1. The van der Waals surface area contributed by atoms with Crippen LogP contribution in [0, 0.1) is 5.92 Å². The molecule has 3 unspecified atom stereocenters. The molecule has 2 nitrogen and oxygen atoms in total. The average Bonchev–Trinajstić information content (AvgIpc) is 3.18. The molecule has 2 aromatic carbocycles. The van der Waals surface area contributed by atoms with Gasteiger partial charge in [0.1, 0.15) is 5.75 Å². The van der Waals surface area contributed by atoms with Gasteiger partial charge in [-0.15, -0.1) is 0 Å². The Kier molecular flexibility index (Phi) is 8.54. The third kappa shape index (κ3) is 5.88. The van der Waals surface area contributed by atoms with Gasteiger partial charge in [-0.2, -0.15) is 0 Å². The Hall–Kier alpha value is -1.96. The van der Waals surface area contributed by atoms with Crippen molar-refractivity contribution in [3.8, 4) is 5.75 Å². The molecular formula is C30H43NO. The number of nitrogens with zero attached hydrogens (tertiary/aromatic N) is 1. The van der Waals surface area contributed by atoms with Crippen molar-refractivity contribution < 1.29 is 4.74 Å². The number of unbranched alkanes of at least 4 members (excludes halogenated alkanes) is 1.